The standard InChI is InChI=1S/C26H23N3O6/c1-33-20-12-15(13-21(34-2)23(20)35-3)27-22(30)14-28-24-16-8-4-5-9-17(16)26(32)29(24)19-11-7-6-10-18(19)25(28)31/h4-13,24H,14H2,1-3H3,(H,27,30)/t24-/m1/s1. The maximum atomic E-state index is 13.5. The number of carbonyl (C=O) groups is 3. The van der Waals surface area contributed by atoms with Crippen LogP contribution in [0.4, 0.5) is 11.4 Å². The number of anilines is 2. The largest absolute Gasteiger partial charge is 0.493 e. The van der Waals surface area contributed by atoms with E-state index in [1.807, 2.05) is 12.1 Å². The van der Waals surface area contributed by atoms with Crippen molar-refractivity contribution in [3.63, 3.8) is 0 Å². The first-order valence-electron chi connectivity index (χ1n) is 10.9. The summed E-state index contributed by atoms with van der Waals surface area (Å²) in [5, 5.41) is 2.80. The van der Waals surface area contributed by atoms with Crippen molar-refractivity contribution >= 4 is 29.1 Å². The van der Waals surface area contributed by atoms with E-state index in [2.05, 4.69) is 5.32 Å². The summed E-state index contributed by atoms with van der Waals surface area (Å²) in [6.07, 6.45) is -0.716. The topological polar surface area (TPSA) is 97.4 Å². The van der Waals surface area contributed by atoms with Gasteiger partial charge in [0.15, 0.2) is 11.5 Å². The van der Waals surface area contributed by atoms with Gasteiger partial charge in [0.1, 0.15) is 12.7 Å². The summed E-state index contributed by atoms with van der Waals surface area (Å²) in [5.41, 5.74) is 2.50. The summed E-state index contributed by atoms with van der Waals surface area (Å²) in [6.45, 7) is -0.271. The van der Waals surface area contributed by atoms with Crippen molar-refractivity contribution in [2.45, 2.75) is 6.17 Å². The van der Waals surface area contributed by atoms with Crippen LogP contribution in [0, 0.1) is 0 Å². The van der Waals surface area contributed by atoms with E-state index < -0.39 is 12.1 Å². The van der Waals surface area contributed by atoms with Crippen LogP contribution in [0.3, 0.4) is 0 Å². The van der Waals surface area contributed by atoms with Crippen LogP contribution in [-0.4, -0.2) is 50.5 Å². The molecule has 0 spiro atoms. The minimum Gasteiger partial charge on any atom is -0.493 e. The van der Waals surface area contributed by atoms with Gasteiger partial charge in [0, 0.05) is 28.9 Å². The van der Waals surface area contributed by atoms with Crippen molar-refractivity contribution in [2.24, 2.45) is 0 Å². The highest BCUT2D eigenvalue weighted by Crippen LogP contribution is 2.45. The van der Waals surface area contributed by atoms with Gasteiger partial charge in [-0.05, 0) is 18.2 Å². The summed E-state index contributed by atoms with van der Waals surface area (Å²) in [4.78, 5) is 42.9. The van der Waals surface area contributed by atoms with Crippen LogP contribution in [-0.2, 0) is 4.79 Å². The number of hydrogen-bond donors (Lipinski definition) is 1. The lowest BCUT2D eigenvalue weighted by molar-refractivity contribution is -0.117. The zero-order chi connectivity index (χ0) is 24.7. The van der Waals surface area contributed by atoms with Crippen molar-refractivity contribution in [1.82, 2.24) is 4.90 Å². The number of nitrogens with one attached hydrogen (secondary N) is 1. The molecule has 3 amide bonds. The zero-order valence-corrected chi connectivity index (χ0v) is 19.4. The number of para-hydroxylation sites is 1. The Morgan fingerprint density at radius 2 is 1.49 bits per heavy atom. The first-order chi connectivity index (χ1) is 17.0. The average Bonchev–Trinajstić information content (AvgIpc) is 3.18. The van der Waals surface area contributed by atoms with E-state index in [0.717, 1.165) is 0 Å². The number of methoxy groups -OCH3 is 3. The normalized spacial score (nSPS) is 15.8. The zero-order valence-electron chi connectivity index (χ0n) is 19.4. The quantitative estimate of drug-likeness (QED) is 0.589. The Kier molecular flexibility index (Phi) is 5.52. The second-order valence-electron chi connectivity index (χ2n) is 8.05. The third-order valence-corrected chi connectivity index (χ3v) is 6.15. The molecule has 0 aliphatic carbocycles. The minimum atomic E-state index is -0.716. The van der Waals surface area contributed by atoms with E-state index >= 15 is 0 Å². The van der Waals surface area contributed by atoms with Gasteiger partial charge in [-0.3, -0.25) is 19.3 Å². The fourth-order valence-electron chi connectivity index (χ4n) is 4.64. The molecule has 1 N–H and O–H groups in total. The average molecular weight is 473 g/mol. The van der Waals surface area contributed by atoms with E-state index in [9.17, 15) is 14.4 Å². The Labute approximate surface area is 201 Å². The van der Waals surface area contributed by atoms with E-state index in [0.29, 0.717) is 45.3 Å². The molecule has 0 unspecified atom stereocenters. The summed E-state index contributed by atoms with van der Waals surface area (Å²) in [6, 6.07) is 17.3. The highest BCUT2D eigenvalue weighted by Gasteiger charge is 2.48. The smallest absolute Gasteiger partial charge is 0.260 e. The molecule has 0 bridgehead atoms. The van der Waals surface area contributed by atoms with Crippen LogP contribution < -0.4 is 24.4 Å². The summed E-state index contributed by atoms with van der Waals surface area (Å²) in [7, 11) is 4.46. The Bertz CT molecular complexity index is 1330. The van der Waals surface area contributed by atoms with Crippen LogP contribution in [0.5, 0.6) is 17.2 Å². The molecule has 3 aromatic carbocycles. The molecule has 0 radical (unpaired) electrons. The van der Waals surface area contributed by atoms with Gasteiger partial charge in [-0.2, -0.15) is 0 Å². The molecule has 1 atom stereocenters. The van der Waals surface area contributed by atoms with Gasteiger partial charge in [-0.1, -0.05) is 30.3 Å². The first-order valence-corrected chi connectivity index (χ1v) is 10.9. The Morgan fingerprint density at radius 3 is 2.14 bits per heavy atom. The molecular weight excluding hydrogens is 450 g/mol. The van der Waals surface area contributed by atoms with Gasteiger partial charge in [0.2, 0.25) is 11.7 Å². The predicted octanol–water partition coefficient (Wildman–Crippen LogP) is 3.47. The maximum absolute atomic E-state index is 13.5. The van der Waals surface area contributed by atoms with Gasteiger partial charge < -0.3 is 24.4 Å². The number of amides is 3. The van der Waals surface area contributed by atoms with E-state index in [-0.39, 0.29) is 18.4 Å². The Balaban J connectivity index is 1.49. The molecule has 0 fully saturated rings. The fraction of sp³-hybridized carbons (Fsp3) is 0.192. The third-order valence-electron chi connectivity index (χ3n) is 6.15. The predicted molar refractivity (Wildman–Crippen MR) is 128 cm³/mol. The summed E-state index contributed by atoms with van der Waals surface area (Å²) < 4.78 is 16.0. The van der Waals surface area contributed by atoms with Crippen molar-refractivity contribution < 1.29 is 28.6 Å². The van der Waals surface area contributed by atoms with Gasteiger partial charge in [-0.25, -0.2) is 0 Å². The maximum Gasteiger partial charge on any atom is 0.260 e. The SMILES string of the molecule is COc1cc(NC(=O)CN2C(=O)c3ccccc3N3C(=O)c4ccccc4[C@H]23)cc(OC)c1OC. The number of nitrogens with zero attached hydrogens (tertiary/aromatic N) is 2. The molecule has 0 saturated heterocycles. The number of fused-ring (bicyclic) bond motifs is 5. The molecule has 178 valence electrons. The van der Waals surface area contributed by atoms with Crippen molar-refractivity contribution in [3.05, 3.63) is 77.4 Å². The molecule has 0 saturated carbocycles. The lowest BCUT2D eigenvalue weighted by Crippen LogP contribution is -2.50. The van der Waals surface area contributed by atoms with Gasteiger partial charge in [-0.15, -0.1) is 0 Å². The van der Waals surface area contributed by atoms with Crippen LogP contribution in [0.25, 0.3) is 0 Å². The number of ether oxygens (including phenoxy) is 3. The fourth-order valence-corrected chi connectivity index (χ4v) is 4.64. The van der Waals surface area contributed by atoms with E-state index in [1.165, 1.54) is 26.2 Å². The molecule has 5 rings (SSSR count). The third kappa shape index (κ3) is 3.52. The van der Waals surface area contributed by atoms with Crippen LogP contribution >= 0.6 is 0 Å². The van der Waals surface area contributed by atoms with Crippen LogP contribution in [0.15, 0.2) is 60.7 Å². The van der Waals surface area contributed by atoms with Crippen LogP contribution in [0.1, 0.15) is 32.4 Å². The minimum absolute atomic E-state index is 0.208. The second kappa shape index (κ2) is 8.68. The molecule has 35 heavy (non-hydrogen) atoms. The molecule has 0 aromatic heterocycles. The molecule has 2 aliphatic heterocycles. The molecule has 9 nitrogen and oxygen atoms in total. The number of rotatable bonds is 6. The highest BCUT2D eigenvalue weighted by molar-refractivity contribution is 6.17. The summed E-state index contributed by atoms with van der Waals surface area (Å²) >= 11 is 0. The van der Waals surface area contributed by atoms with E-state index in [4.69, 9.17) is 14.2 Å². The highest BCUT2D eigenvalue weighted by atomic mass is 16.5. The number of carbonyl (C=O) groups excluding carboxylic acids is 3. The Hall–Kier alpha value is -4.53. The lowest BCUT2D eigenvalue weighted by atomic mass is 10.0. The first kappa shape index (κ1) is 22.3. The summed E-state index contributed by atoms with van der Waals surface area (Å²) in [5.74, 6) is 0.182. The molecular formula is C26H23N3O6. The molecule has 9 heteroatoms. The van der Waals surface area contributed by atoms with Gasteiger partial charge in [0.25, 0.3) is 11.8 Å². The van der Waals surface area contributed by atoms with Gasteiger partial charge >= 0.3 is 0 Å². The monoisotopic (exact) mass is 473 g/mol. The molecule has 3 aromatic rings. The second-order valence-corrected chi connectivity index (χ2v) is 8.05. The van der Waals surface area contributed by atoms with Crippen molar-refractivity contribution in [2.75, 3.05) is 38.1 Å². The van der Waals surface area contributed by atoms with Gasteiger partial charge in [0.05, 0.1) is 32.6 Å². The van der Waals surface area contributed by atoms with Crippen molar-refractivity contribution in [3.8, 4) is 17.2 Å². The number of hydrogen-bond acceptors (Lipinski definition) is 6. The Morgan fingerprint density at radius 1 is 0.857 bits per heavy atom. The van der Waals surface area contributed by atoms with Crippen LogP contribution in [0.2, 0.25) is 0 Å². The van der Waals surface area contributed by atoms with Crippen molar-refractivity contribution in [1.29, 1.82) is 0 Å². The molecule has 2 aliphatic rings. The lowest BCUT2D eigenvalue weighted by Gasteiger charge is -2.40. The number of benzene rings is 3. The van der Waals surface area contributed by atoms with E-state index in [1.54, 1.807) is 53.4 Å². The molecule has 2 heterocycles.